The first-order valence-corrected chi connectivity index (χ1v) is 7.16. The minimum Gasteiger partial charge on any atom is -0.342 e. The normalized spacial score (nSPS) is 16.0. The van der Waals surface area contributed by atoms with Gasteiger partial charge in [-0.15, -0.1) is 0 Å². The van der Waals surface area contributed by atoms with Crippen LogP contribution < -0.4 is 5.32 Å². The number of nitro benzene ring substituents is 1. The summed E-state index contributed by atoms with van der Waals surface area (Å²) in [5.41, 5.74) is 2.46. The fourth-order valence-corrected chi connectivity index (χ4v) is 2.76. The molecule has 2 N–H and O–H groups in total. The second kappa shape index (κ2) is 5.65. The molecule has 2 aromatic rings. The summed E-state index contributed by atoms with van der Waals surface area (Å²) in [5.74, 6) is 1.43. The van der Waals surface area contributed by atoms with Gasteiger partial charge in [-0.25, -0.2) is 4.98 Å². The summed E-state index contributed by atoms with van der Waals surface area (Å²) < 4.78 is 0. The van der Waals surface area contributed by atoms with Crippen molar-refractivity contribution in [1.29, 1.82) is 0 Å². The van der Waals surface area contributed by atoms with Crippen molar-refractivity contribution >= 4 is 5.69 Å². The van der Waals surface area contributed by atoms with Crippen LogP contribution in [0.5, 0.6) is 0 Å². The average molecular weight is 286 g/mol. The molecular weight excluding hydrogens is 268 g/mol. The summed E-state index contributed by atoms with van der Waals surface area (Å²) in [5, 5.41) is 14.4. The van der Waals surface area contributed by atoms with Crippen molar-refractivity contribution in [2.45, 2.75) is 25.7 Å². The topological polar surface area (TPSA) is 83.8 Å². The van der Waals surface area contributed by atoms with E-state index in [-0.39, 0.29) is 10.6 Å². The van der Waals surface area contributed by atoms with E-state index in [1.54, 1.807) is 25.3 Å². The number of aromatic nitrogens is 2. The Hall–Kier alpha value is -2.21. The summed E-state index contributed by atoms with van der Waals surface area (Å²) in [6.07, 6.45) is 3.91. The van der Waals surface area contributed by atoms with Gasteiger partial charge in [-0.05, 0) is 32.9 Å². The number of nitrogens with one attached hydrogen (secondary N) is 2. The van der Waals surface area contributed by atoms with E-state index in [0.29, 0.717) is 11.5 Å². The van der Waals surface area contributed by atoms with Crippen LogP contribution in [0.4, 0.5) is 5.69 Å². The van der Waals surface area contributed by atoms with E-state index in [9.17, 15) is 10.1 Å². The molecule has 3 rings (SSSR count). The van der Waals surface area contributed by atoms with Crippen LogP contribution in [0.1, 0.15) is 30.1 Å². The zero-order valence-corrected chi connectivity index (χ0v) is 11.9. The number of nitrogens with zero attached hydrogens (tertiary/aromatic N) is 2. The third kappa shape index (κ3) is 2.80. The number of benzene rings is 1. The average Bonchev–Trinajstić information content (AvgIpc) is 2.98. The summed E-state index contributed by atoms with van der Waals surface area (Å²) >= 11 is 0. The van der Waals surface area contributed by atoms with Crippen LogP contribution in [-0.4, -0.2) is 28.0 Å². The third-order valence-corrected chi connectivity index (χ3v) is 4.04. The number of H-pyrrole nitrogens is 1. The first-order valence-electron chi connectivity index (χ1n) is 7.16. The number of hydrogen-bond acceptors (Lipinski definition) is 4. The van der Waals surface area contributed by atoms with Gasteiger partial charge in [0, 0.05) is 23.1 Å². The molecule has 0 saturated carbocycles. The third-order valence-electron chi connectivity index (χ3n) is 4.04. The van der Waals surface area contributed by atoms with Crippen molar-refractivity contribution in [2.24, 2.45) is 0 Å². The van der Waals surface area contributed by atoms with Gasteiger partial charge in [0.05, 0.1) is 16.8 Å². The summed E-state index contributed by atoms with van der Waals surface area (Å²) in [6, 6.07) is 5.27. The van der Waals surface area contributed by atoms with Gasteiger partial charge in [-0.3, -0.25) is 10.1 Å². The Balaban J connectivity index is 1.89. The summed E-state index contributed by atoms with van der Waals surface area (Å²) in [6.45, 7) is 3.77. The Kier molecular flexibility index (Phi) is 3.70. The second-order valence-electron chi connectivity index (χ2n) is 5.46. The molecule has 1 aromatic heterocycles. The molecule has 0 unspecified atom stereocenters. The lowest BCUT2D eigenvalue weighted by Gasteiger charge is -2.20. The van der Waals surface area contributed by atoms with E-state index in [1.807, 2.05) is 6.07 Å². The molecule has 0 atom stereocenters. The first-order chi connectivity index (χ1) is 10.1. The molecule has 0 aliphatic carbocycles. The Morgan fingerprint density at radius 1 is 1.33 bits per heavy atom. The summed E-state index contributed by atoms with van der Waals surface area (Å²) in [7, 11) is 0. The molecule has 1 saturated heterocycles. The zero-order valence-electron chi connectivity index (χ0n) is 11.9. The maximum atomic E-state index is 11.0. The first kappa shape index (κ1) is 13.8. The van der Waals surface area contributed by atoms with Gasteiger partial charge >= 0.3 is 0 Å². The minimum absolute atomic E-state index is 0.144. The minimum atomic E-state index is -0.344. The number of rotatable bonds is 3. The fourth-order valence-electron chi connectivity index (χ4n) is 2.76. The standard InChI is InChI=1S/C15H18N4O2/c1-10-2-3-12(8-14(10)19(20)21)13-9-17-15(18-13)11-4-6-16-7-5-11/h2-3,8-9,11,16H,4-7H2,1H3,(H,17,18). The monoisotopic (exact) mass is 286 g/mol. The fraction of sp³-hybridized carbons (Fsp3) is 0.400. The van der Waals surface area contributed by atoms with E-state index in [4.69, 9.17) is 0 Å². The van der Waals surface area contributed by atoms with Crippen LogP contribution >= 0.6 is 0 Å². The highest BCUT2D eigenvalue weighted by Gasteiger charge is 2.19. The predicted molar refractivity (Wildman–Crippen MR) is 80.3 cm³/mol. The lowest BCUT2D eigenvalue weighted by atomic mass is 9.98. The molecule has 21 heavy (non-hydrogen) atoms. The highest BCUT2D eigenvalue weighted by Crippen LogP contribution is 2.28. The zero-order chi connectivity index (χ0) is 14.8. The van der Waals surface area contributed by atoms with Crippen molar-refractivity contribution in [3.63, 3.8) is 0 Å². The molecule has 1 aliphatic rings. The molecule has 6 heteroatoms. The van der Waals surface area contributed by atoms with Gasteiger partial charge in [0.1, 0.15) is 5.82 Å². The quantitative estimate of drug-likeness (QED) is 0.671. The lowest BCUT2D eigenvalue weighted by molar-refractivity contribution is -0.385. The molecule has 0 bridgehead atoms. The van der Waals surface area contributed by atoms with Crippen molar-refractivity contribution in [3.8, 4) is 11.3 Å². The highest BCUT2D eigenvalue weighted by atomic mass is 16.6. The van der Waals surface area contributed by atoms with Crippen molar-refractivity contribution < 1.29 is 4.92 Å². The van der Waals surface area contributed by atoms with Crippen molar-refractivity contribution in [2.75, 3.05) is 13.1 Å². The Morgan fingerprint density at radius 2 is 2.10 bits per heavy atom. The van der Waals surface area contributed by atoms with E-state index < -0.39 is 0 Å². The Labute approximate surface area is 122 Å². The SMILES string of the molecule is Cc1ccc(-c2cnc(C3CCNCC3)[nH]2)cc1[N+](=O)[O-]. The van der Waals surface area contributed by atoms with Gasteiger partial charge in [-0.2, -0.15) is 0 Å². The molecule has 0 radical (unpaired) electrons. The van der Waals surface area contributed by atoms with Gasteiger partial charge in [0.25, 0.3) is 5.69 Å². The molecule has 6 nitrogen and oxygen atoms in total. The number of aromatic amines is 1. The molecule has 110 valence electrons. The second-order valence-corrected chi connectivity index (χ2v) is 5.46. The van der Waals surface area contributed by atoms with Crippen molar-refractivity contribution in [1.82, 2.24) is 15.3 Å². The van der Waals surface area contributed by atoms with E-state index in [0.717, 1.165) is 43.0 Å². The predicted octanol–water partition coefficient (Wildman–Crippen LogP) is 2.76. The molecule has 0 amide bonds. The number of imidazole rings is 1. The largest absolute Gasteiger partial charge is 0.342 e. The molecule has 1 fully saturated rings. The van der Waals surface area contributed by atoms with Crippen LogP contribution in [0.3, 0.4) is 0 Å². The lowest BCUT2D eigenvalue weighted by Crippen LogP contribution is -2.27. The van der Waals surface area contributed by atoms with Gasteiger partial charge in [-0.1, -0.05) is 12.1 Å². The van der Waals surface area contributed by atoms with E-state index >= 15 is 0 Å². The van der Waals surface area contributed by atoms with Crippen LogP contribution in [0.15, 0.2) is 24.4 Å². The molecule has 0 spiro atoms. The van der Waals surface area contributed by atoms with Gasteiger partial charge in [0.15, 0.2) is 0 Å². The number of piperidine rings is 1. The number of aryl methyl sites for hydroxylation is 1. The van der Waals surface area contributed by atoms with Crippen molar-refractivity contribution in [3.05, 3.63) is 45.9 Å². The maximum absolute atomic E-state index is 11.0. The van der Waals surface area contributed by atoms with Crippen LogP contribution in [-0.2, 0) is 0 Å². The Bertz CT molecular complexity index is 659. The molecule has 2 heterocycles. The smallest absolute Gasteiger partial charge is 0.272 e. The van der Waals surface area contributed by atoms with E-state index in [2.05, 4.69) is 15.3 Å². The number of nitro groups is 1. The molecule has 1 aliphatic heterocycles. The maximum Gasteiger partial charge on any atom is 0.272 e. The molecule has 1 aromatic carbocycles. The summed E-state index contributed by atoms with van der Waals surface area (Å²) in [4.78, 5) is 18.5. The number of hydrogen-bond donors (Lipinski definition) is 2. The van der Waals surface area contributed by atoms with Gasteiger partial charge in [0.2, 0.25) is 0 Å². The van der Waals surface area contributed by atoms with Crippen LogP contribution in [0, 0.1) is 17.0 Å². The van der Waals surface area contributed by atoms with Crippen LogP contribution in [0.25, 0.3) is 11.3 Å². The van der Waals surface area contributed by atoms with Crippen LogP contribution in [0.2, 0.25) is 0 Å². The highest BCUT2D eigenvalue weighted by molar-refractivity contribution is 5.63. The molecular formula is C15H18N4O2. The van der Waals surface area contributed by atoms with E-state index in [1.165, 1.54) is 0 Å². The Morgan fingerprint density at radius 3 is 2.81 bits per heavy atom. The van der Waals surface area contributed by atoms with Gasteiger partial charge < -0.3 is 10.3 Å².